The minimum Gasteiger partial charge on any atom is -0.383 e. The minimum atomic E-state index is -3.33. The molecule has 1 aliphatic rings. The van der Waals surface area contributed by atoms with Gasteiger partial charge in [-0.1, -0.05) is 83.0 Å². The Balaban J connectivity index is 1.61. The average molecular weight is 663 g/mol. The number of alkyl halides is 2. The molecule has 2 aromatic carbocycles. The van der Waals surface area contributed by atoms with Gasteiger partial charge in [0.05, 0.1) is 28.0 Å². The summed E-state index contributed by atoms with van der Waals surface area (Å²) >= 11 is 1.31. The molecule has 1 unspecified atom stereocenters. The number of imidazole rings is 1. The quantitative estimate of drug-likeness (QED) is 0.110. The number of unbranched alkanes of at least 4 members (excludes halogenated alkanes) is 1. The summed E-state index contributed by atoms with van der Waals surface area (Å²) in [6.45, 7) is 19.3. The maximum absolute atomic E-state index is 16.0. The van der Waals surface area contributed by atoms with Crippen LogP contribution in [0.5, 0.6) is 0 Å². The zero-order chi connectivity index (χ0) is 34.3. The number of para-hydroxylation sites is 1. The third-order valence-electron chi connectivity index (χ3n) is 9.31. The normalized spacial score (nSPS) is 20.4. The highest BCUT2D eigenvalue weighted by Gasteiger charge is 2.66. The predicted molar refractivity (Wildman–Crippen MR) is 188 cm³/mol. The third-order valence-corrected chi connectivity index (χ3v) is 10.3. The fourth-order valence-corrected chi connectivity index (χ4v) is 7.09. The first-order valence-electron chi connectivity index (χ1n) is 16.3. The van der Waals surface area contributed by atoms with Crippen molar-refractivity contribution in [3.05, 3.63) is 96.4 Å². The van der Waals surface area contributed by atoms with Crippen LogP contribution in [0.25, 0.3) is 33.4 Å². The van der Waals surface area contributed by atoms with Crippen molar-refractivity contribution in [2.24, 2.45) is 5.92 Å². The van der Waals surface area contributed by atoms with Crippen LogP contribution in [0.1, 0.15) is 82.9 Å². The molecule has 0 saturated heterocycles. The van der Waals surface area contributed by atoms with Crippen molar-refractivity contribution in [2.45, 2.75) is 96.0 Å². The number of fused-ring (bicyclic) bond motifs is 1. The first kappa shape index (κ1) is 34.9. The smallest absolute Gasteiger partial charge is 0.273 e. The van der Waals surface area contributed by atoms with Gasteiger partial charge >= 0.3 is 0 Å². The molecule has 0 bridgehead atoms. The van der Waals surface area contributed by atoms with E-state index in [1.165, 1.54) is 18.0 Å². The van der Waals surface area contributed by atoms with E-state index in [0.717, 1.165) is 64.1 Å². The molecule has 47 heavy (non-hydrogen) atoms. The summed E-state index contributed by atoms with van der Waals surface area (Å²) in [6.07, 6.45) is 5.54. The van der Waals surface area contributed by atoms with Gasteiger partial charge in [0.2, 0.25) is 0 Å². The van der Waals surface area contributed by atoms with E-state index in [2.05, 4.69) is 60.3 Å². The van der Waals surface area contributed by atoms with Crippen LogP contribution in [-0.4, -0.2) is 36.4 Å². The van der Waals surface area contributed by atoms with Crippen molar-refractivity contribution in [3.8, 4) is 16.8 Å². The molecule has 5 nitrogen and oxygen atoms in total. The number of aromatic nitrogens is 3. The van der Waals surface area contributed by atoms with E-state index in [9.17, 15) is 13.9 Å². The van der Waals surface area contributed by atoms with Crippen molar-refractivity contribution in [1.82, 2.24) is 19.3 Å². The van der Waals surface area contributed by atoms with E-state index in [1.54, 1.807) is 6.20 Å². The standard InChI is InChI=1S/C38H45F3N4OS/c1-9-11-15-33-43-31-17-16-27(19-32(31)45(33)34-25(6)13-12-14-29(34)26(7)24(5)10-2)28-18-30(39)35(42-20-28)37(44-47-23(3)4)21-38(46,22-37)36(8,40)41/h10,12-14,16-20,23-24,44,46H,2,7,9,11,15,21-22H2,1,3-6,8H3. The number of hydrogen-bond acceptors (Lipinski definition) is 5. The number of rotatable bonds is 13. The molecular formula is C38H45F3N4OS. The topological polar surface area (TPSA) is 63.0 Å². The first-order valence-corrected chi connectivity index (χ1v) is 17.1. The molecule has 1 atom stereocenters. The monoisotopic (exact) mass is 662 g/mol. The van der Waals surface area contributed by atoms with E-state index < -0.39 is 22.9 Å². The summed E-state index contributed by atoms with van der Waals surface area (Å²) in [7, 11) is 0. The molecular weight excluding hydrogens is 618 g/mol. The molecule has 0 amide bonds. The molecule has 1 fully saturated rings. The average Bonchev–Trinajstić information content (AvgIpc) is 3.37. The number of nitrogens with zero attached hydrogens (tertiary/aromatic N) is 3. The zero-order valence-corrected chi connectivity index (χ0v) is 28.9. The van der Waals surface area contributed by atoms with Gasteiger partial charge in [-0.25, -0.2) is 18.2 Å². The van der Waals surface area contributed by atoms with Gasteiger partial charge in [-0.05, 0) is 54.2 Å². The van der Waals surface area contributed by atoms with Crippen LogP contribution >= 0.6 is 11.9 Å². The first-order chi connectivity index (χ1) is 22.1. The summed E-state index contributed by atoms with van der Waals surface area (Å²) < 4.78 is 50.0. The second kappa shape index (κ2) is 13.2. The van der Waals surface area contributed by atoms with Gasteiger partial charge in [0, 0.05) is 48.8 Å². The summed E-state index contributed by atoms with van der Waals surface area (Å²) in [5.41, 5.74) is 3.62. The predicted octanol–water partition coefficient (Wildman–Crippen LogP) is 9.73. The molecule has 0 aliphatic heterocycles. The van der Waals surface area contributed by atoms with Crippen LogP contribution in [0.3, 0.4) is 0 Å². The highest BCUT2D eigenvalue weighted by Crippen LogP contribution is 2.55. The maximum Gasteiger partial charge on any atom is 0.273 e. The molecule has 0 spiro atoms. The van der Waals surface area contributed by atoms with Crippen molar-refractivity contribution >= 4 is 28.6 Å². The minimum absolute atomic E-state index is 0.0238. The van der Waals surface area contributed by atoms with Gasteiger partial charge in [0.1, 0.15) is 17.2 Å². The number of aryl methyl sites for hydroxylation is 2. The van der Waals surface area contributed by atoms with Gasteiger partial charge in [-0.2, -0.15) is 0 Å². The molecule has 0 radical (unpaired) electrons. The SMILES string of the molecule is C=CC(C)C(=C)c1cccc(C)c1-n1c(CCCC)nc2ccc(-c3cnc(C4(NSC(C)C)CC(O)(C(C)(F)F)C4)c(F)c3)cc21. The van der Waals surface area contributed by atoms with Crippen LogP contribution in [0.2, 0.25) is 0 Å². The van der Waals surface area contributed by atoms with E-state index in [0.29, 0.717) is 12.5 Å². The number of halogens is 3. The van der Waals surface area contributed by atoms with Crippen LogP contribution < -0.4 is 4.72 Å². The molecule has 9 heteroatoms. The summed E-state index contributed by atoms with van der Waals surface area (Å²) in [4.78, 5) is 9.56. The van der Waals surface area contributed by atoms with Crippen LogP contribution in [0, 0.1) is 18.7 Å². The Morgan fingerprint density at radius 3 is 2.51 bits per heavy atom. The molecule has 1 saturated carbocycles. The van der Waals surface area contributed by atoms with E-state index in [-0.39, 0.29) is 29.7 Å². The fourth-order valence-electron chi connectivity index (χ4n) is 6.38. The summed E-state index contributed by atoms with van der Waals surface area (Å²) in [5, 5.41) is 10.8. The van der Waals surface area contributed by atoms with E-state index >= 15 is 4.39 Å². The lowest BCUT2D eigenvalue weighted by Crippen LogP contribution is -2.67. The number of nitrogens with one attached hydrogen (secondary N) is 1. The molecule has 250 valence electrons. The third kappa shape index (κ3) is 6.54. The van der Waals surface area contributed by atoms with Crippen molar-refractivity contribution < 1.29 is 18.3 Å². The van der Waals surface area contributed by atoms with Gasteiger partial charge < -0.3 is 5.11 Å². The lowest BCUT2D eigenvalue weighted by atomic mass is 9.61. The van der Waals surface area contributed by atoms with Crippen molar-refractivity contribution in [3.63, 3.8) is 0 Å². The van der Waals surface area contributed by atoms with Gasteiger partial charge in [0.25, 0.3) is 5.92 Å². The van der Waals surface area contributed by atoms with E-state index in [4.69, 9.17) is 4.98 Å². The molecule has 5 rings (SSSR count). The van der Waals surface area contributed by atoms with Gasteiger partial charge in [-0.3, -0.25) is 14.3 Å². The second-order valence-electron chi connectivity index (χ2n) is 13.4. The molecule has 4 aromatic rings. The van der Waals surface area contributed by atoms with E-state index in [1.807, 2.05) is 44.2 Å². The Labute approximate surface area is 280 Å². The Bertz CT molecular complexity index is 1800. The Kier molecular flexibility index (Phi) is 9.84. The Morgan fingerprint density at radius 2 is 1.89 bits per heavy atom. The number of allylic oxidation sites excluding steroid dienone is 2. The number of aliphatic hydroxyl groups is 1. The highest BCUT2D eigenvalue weighted by atomic mass is 32.2. The second-order valence-corrected chi connectivity index (χ2v) is 14.8. The lowest BCUT2D eigenvalue weighted by Gasteiger charge is -2.55. The molecule has 2 N–H and O–H groups in total. The fraction of sp³-hybridized carbons (Fsp3) is 0.421. The summed E-state index contributed by atoms with van der Waals surface area (Å²) in [5.74, 6) is -2.94. The highest BCUT2D eigenvalue weighted by molar-refractivity contribution is 7.98. The number of pyridine rings is 1. The Hall–Kier alpha value is -3.40. The molecule has 2 heterocycles. The van der Waals surface area contributed by atoms with Crippen molar-refractivity contribution in [2.75, 3.05) is 0 Å². The Morgan fingerprint density at radius 1 is 1.17 bits per heavy atom. The number of hydrogen-bond donors (Lipinski definition) is 2. The van der Waals surface area contributed by atoms with Crippen molar-refractivity contribution in [1.29, 1.82) is 0 Å². The summed E-state index contributed by atoms with van der Waals surface area (Å²) in [6, 6.07) is 13.5. The van der Waals surface area contributed by atoms with Crippen LogP contribution in [-0.2, 0) is 12.0 Å². The molecule has 2 aromatic heterocycles. The zero-order valence-electron chi connectivity index (χ0n) is 28.1. The maximum atomic E-state index is 16.0. The van der Waals surface area contributed by atoms with Crippen LogP contribution in [0.4, 0.5) is 13.2 Å². The number of benzene rings is 2. The van der Waals surface area contributed by atoms with Gasteiger partial charge in [-0.15, -0.1) is 6.58 Å². The molecule has 1 aliphatic carbocycles. The largest absolute Gasteiger partial charge is 0.383 e. The lowest BCUT2D eigenvalue weighted by molar-refractivity contribution is -0.236. The van der Waals surface area contributed by atoms with Crippen LogP contribution in [0.15, 0.2) is 67.9 Å². The van der Waals surface area contributed by atoms with Gasteiger partial charge in [0.15, 0.2) is 0 Å².